The van der Waals surface area contributed by atoms with Crippen molar-refractivity contribution < 1.29 is 15.3 Å². The zero-order valence-corrected chi connectivity index (χ0v) is 14.6. The van der Waals surface area contributed by atoms with Crippen LogP contribution in [-0.2, 0) is 0 Å². The van der Waals surface area contributed by atoms with Crippen LogP contribution < -0.4 is 0 Å². The maximum absolute atomic E-state index is 10.9. The molecule has 6 atom stereocenters. The minimum absolute atomic E-state index is 0.0437. The smallest absolute Gasteiger partial charge is 0.0686 e. The lowest BCUT2D eigenvalue weighted by Crippen LogP contribution is -2.52. The molecule has 0 saturated heterocycles. The van der Waals surface area contributed by atoms with Gasteiger partial charge in [0.1, 0.15) is 0 Å². The maximum atomic E-state index is 10.9. The van der Waals surface area contributed by atoms with E-state index in [9.17, 15) is 15.3 Å². The lowest BCUT2D eigenvalue weighted by atomic mass is 9.61. The van der Waals surface area contributed by atoms with E-state index in [2.05, 4.69) is 20.4 Å². The second kappa shape index (κ2) is 6.34. The van der Waals surface area contributed by atoms with Gasteiger partial charge in [0, 0.05) is 0 Å². The normalized spacial score (nSPS) is 45.1. The molecular weight excluding hydrogens is 288 g/mol. The Balaban J connectivity index is 2.07. The van der Waals surface area contributed by atoms with Crippen molar-refractivity contribution in [3.05, 3.63) is 23.3 Å². The zero-order valence-electron chi connectivity index (χ0n) is 14.6. The molecule has 1 fully saturated rings. The van der Waals surface area contributed by atoms with Crippen molar-refractivity contribution in [2.24, 2.45) is 23.2 Å². The summed E-state index contributed by atoms with van der Waals surface area (Å²) in [6.45, 7) is 8.67. The van der Waals surface area contributed by atoms with Crippen LogP contribution in [-0.4, -0.2) is 34.1 Å². The van der Waals surface area contributed by atoms with Crippen molar-refractivity contribution >= 4 is 0 Å². The highest BCUT2D eigenvalue weighted by Crippen LogP contribution is 2.59. The largest absolute Gasteiger partial charge is 0.396 e. The quantitative estimate of drug-likeness (QED) is 0.650. The number of hydrogen-bond donors (Lipinski definition) is 3. The van der Waals surface area contributed by atoms with E-state index in [0.29, 0.717) is 18.8 Å². The molecule has 0 amide bonds. The molecule has 3 aliphatic rings. The van der Waals surface area contributed by atoms with Crippen LogP contribution in [0.25, 0.3) is 0 Å². The summed E-state index contributed by atoms with van der Waals surface area (Å²) in [4.78, 5) is 0. The number of aliphatic hydroxyl groups is 3. The highest BCUT2D eigenvalue weighted by Gasteiger charge is 2.60. The summed E-state index contributed by atoms with van der Waals surface area (Å²) in [5.74, 6) is 0.936. The van der Waals surface area contributed by atoms with Crippen molar-refractivity contribution in [3.63, 3.8) is 0 Å². The van der Waals surface area contributed by atoms with E-state index in [4.69, 9.17) is 0 Å². The first-order valence-corrected chi connectivity index (χ1v) is 9.25. The summed E-state index contributed by atoms with van der Waals surface area (Å²) in [5, 5.41) is 31.7. The number of allylic oxidation sites excluding steroid dienone is 2. The monoisotopic (exact) mass is 320 g/mol. The number of aliphatic hydroxyl groups excluding tert-OH is 3. The van der Waals surface area contributed by atoms with E-state index in [1.54, 1.807) is 0 Å². The molecule has 0 aliphatic heterocycles. The minimum Gasteiger partial charge on any atom is -0.396 e. The van der Waals surface area contributed by atoms with Crippen LogP contribution in [0, 0.1) is 23.2 Å². The average Bonchev–Trinajstić information content (AvgIpc) is 2.82. The molecule has 0 unspecified atom stereocenters. The summed E-state index contributed by atoms with van der Waals surface area (Å²) in [6.07, 6.45) is 5.51. The van der Waals surface area contributed by atoms with Crippen molar-refractivity contribution in [3.8, 4) is 0 Å². The molecule has 1 saturated carbocycles. The van der Waals surface area contributed by atoms with E-state index in [1.807, 2.05) is 0 Å². The molecule has 3 aliphatic carbocycles. The SMILES string of the molecule is C=C1CCC[C@H](C)CCC2=C(C)[C@@H]3[C@H]1C[C@@H](O)[C@]3(CO)[C@@H](O)C2. The van der Waals surface area contributed by atoms with Crippen LogP contribution in [0.5, 0.6) is 0 Å². The Kier molecular flexibility index (Phi) is 4.74. The topological polar surface area (TPSA) is 60.7 Å². The molecule has 3 N–H and O–H groups in total. The van der Waals surface area contributed by atoms with Gasteiger partial charge in [-0.25, -0.2) is 0 Å². The van der Waals surface area contributed by atoms with Crippen LogP contribution in [0.4, 0.5) is 0 Å². The van der Waals surface area contributed by atoms with Crippen LogP contribution in [0.15, 0.2) is 23.3 Å². The summed E-state index contributed by atoms with van der Waals surface area (Å²) >= 11 is 0. The van der Waals surface area contributed by atoms with Gasteiger partial charge >= 0.3 is 0 Å². The van der Waals surface area contributed by atoms with E-state index in [1.165, 1.54) is 23.1 Å². The first kappa shape index (κ1) is 17.2. The van der Waals surface area contributed by atoms with Gasteiger partial charge in [0.2, 0.25) is 0 Å². The summed E-state index contributed by atoms with van der Waals surface area (Å²) in [6, 6.07) is 0. The van der Waals surface area contributed by atoms with Gasteiger partial charge in [0.15, 0.2) is 0 Å². The van der Waals surface area contributed by atoms with Crippen LogP contribution in [0.1, 0.15) is 58.8 Å². The Labute approximate surface area is 140 Å². The third-order valence-electron chi connectivity index (χ3n) is 7.10. The molecule has 0 aromatic heterocycles. The number of hydrogen-bond acceptors (Lipinski definition) is 3. The predicted molar refractivity (Wildman–Crippen MR) is 91.8 cm³/mol. The Morgan fingerprint density at radius 3 is 2.61 bits per heavy atom. The van der Waals surface area contributed by atoms with Gasteiger partial charge in [0.25, 0.3) is 0 Å². The summed E-state index contributed by atoms with van der Waals surface area (Å²) < 4.78 is 0. The fraction of sp³-hybridized carbons (Fsp3) is 0.800. The van der Waals surface area contributed by atoms with E-state index in [0.717, 1.165) is 25.7 Å². The summed E-state index contributed by atoms with van der Waals surface area (Å²) in [5.41, 5.74) is 3.07. The first-order chi connectivity index (χ1) is 10.9. The molecule has 23 heavy (non-hydrogen) atoms. The van der Waals surface area contributed by atoms with Crippen LogP contribution in [0.2, 0.25) is 0 Å². The molecule has 0 radical (unpaired) electrons. The average molecular weight is 320 g/mol. The predicted octanol–water partition coefficient (Wildman–Crippen LogP) is 3.20. The molecule has 2 bridgehead atoms. The van der Waals surface area contributed by atoms with Gasteiger partial charge in [-0.15, -0.1) is 0 Å². The molecule has 3 nitrogen and oxygen atoms in total. The van der Waals surface area contributed by atoms with Crippen LogP contribution in [0.3, 0.4) is 0 Å². The van der Waals surface area contributed by atoms with Crippen molar-refractivity contribution in [2.45, 2.75) is 71.0 Å². The van der Waals surface area contributed by atoms with E-state index in [-0.39, 0.29) is 18.4 Å². The highest BCUT2D eigenvalue weighted by molar-refractivity contribution is 5.32. The standard InChI is InChI=1S/C20H32O3/c1-12-5-4-6-13(2)16-10-18(23)20(11-21)17(22)9-15(8-7-12)14(3)19(16)20/h12,16-19,21-23H,2,4-11H2,1,3H3/t12-,16-,17-,18+,19+,20-/m0/s1. The van der Waals surface area contributed by atoms with Gasteiger partial charge in [0.05, 0.1) is 24.2 Å². The molecule has 130 valence electrons. The molecule has 3 rings (SSSR count). The van der Waals surface area contributed by atoms with Gasteiger partial charge in [-0.3, -0.25) is 0 Å². The Morgan fingerprint density at radius 2 is 1.91 bits per heavy atom. The lowest BCUT2D eigenvalue weighted by Gasteiger charge is -2.47. The van der Waals surface area contributed by atoms with Crippen LogP contribution >= 0.6 is 0 Å². The molecule has 0 spiro atoms. The minimum atomic E-state index is -0.791. The fourth-order valence-electron chi connectivity index (χ4n) is 5.56. The van der Waals surface area contributed by atoms with Gasteiger partial charge in [-0.1, -0.05) is 36.6 Å². The van der Waals surface area contributed by atoms with Gasteiger partial charge in [-0.05, 0) is 63.2 Å². The highest BCUT2D eigenvalue weighted by atomic mass is 16.3. The molecule has 3 heteroatoms. The van der Waals surface area contributed by atoms with Gasteiger partial charge < -0.3 is 15.3 Å². The van der Waals surface area contributed by atoms with E-state index >= 15 is 0 Å². The molecule has 0 aromatic rings. The Bertz CT molecular complexity index is 509. The molecular formula is C20H32O3. The molecule has 0 heterocycles. The fourth-order valence-corrected chi connectivity index (χ4v) is 5.56. The molecule has 0 aromatic carbocycles. The third-order valence-corrected chi connectivity index (χ3v) is 7.10. The van der Waals surface area contributed by atoms with Crippen molar-refractivity contribution in [2.75, 3.05) is 6.61 Å². The van der Waals surface area contributed by atoms with E-state index < -0.39 is 17.6 Å². The lowest BCUT2D eigenvalue weighted by molar-refractivity contribution is -0.106. The van der Waals surface area contributed by atoms with Crippen molar-refractivity contribution in [1.82, 2.24) is 0 Å². The summed E-state index contributed by atoms with van der Waals surface area (Å²) in [7, 11) is 0. The van der Waals surface area contributed by atoms with Crippen molar-refractivity contribution in [1.29, 1.82) is 0 Å². The third kappa shape index (κ3) is 2.61. The maximum Gasteiger partial charge on any atom is 0.0686 e. The zero-order chi connectivity index (χ0) is 16.8. The first-order valence-electron chi connectivity index (χ1n) is 9.25. The number of rotatable bonds is 1. The second-order valence-corrected chi connectivity index (χ2v) is 8.31. The van der Waals surface area contributed by atoms with Gasteiger partial charge in [-0.2, -0.15) is 0 Å². The Hall–Kier alpha value is -0.640. The second-order valence-electron chi connectivity index (χ2n) is 8.31. The Morgan fingerprint density at radius 1 is 1.17 bits per heavy atom.